The maximum Gasteiger partial charge on any atom is 0.00109 e. The fourth-order valence-electron chi connectivity index (χ4n) is 2.36. The zero-order valence-corrected chi connectivity index (χ0v) is 7.10. The fourth-order valence-corrected chi connectivity index (χ4v) is 2.36. The molecule has 1 heterocycles. The van der Waals surface area contributed by atoms with Crippen molar-refractivity contribution in [3.8, 4) is 0 Å². The highest BCUT2D eigenvalue weighted by Crippen LogP contribution is 2.37. The van der Waals surface area contributed by atoms with Crippen LogP contribution in [0.2, 0.25) is 0 Å². The van der Waals surface area contributed by atoms with Crippen molar-refractivity contribution < 1.29 is 0 Å². The first-order valence-corrected chi connectivity index (χ1v) is 4.77. The number of allylic oxidation sites excluding steroid dienone is 2. The number of nitrogens with one attached hydrogen (secondary N) is 1. The Kier molecular flexibility index (Phi) is 1.99. The van der Waals surface area contributed by atoms with Crippen LogP contribution in [-0.2, 0) is 0 Å². The molecular weight excluding hydrogens is 134 g/mol. The van der Waals surface area contributed by atoms with Crippen LogP contribution in [0.5, 0.6) is 0 Å². The average molecular weight is 151 g/mol. The van der Waals surface area contributed by atoms with Gasteiger partial charge in [-0.25, -0.2) is 0 Å². The maximum absolute atomic E-state index is 3.51. The Labute approximate surface area is 68.9 Å². The fraction of sp³-hybridized carbons (Fsp3) is 0.800. The molecular formula is C10H17N. The molecule has 0 amide bonds. The van der Waals surface area contributed by atoms with Crippen molar-refractivity contribution in [1.29, 1.82) is 0 Å². The largest absolute Gasteiger partial charge is 0.316 e. The molecule has 1 unspecified atom stereocenters. The summed E-state index contributed by atoms with van der Waals surface area (Å²) in [5.74, 6) is 0. The van der Waals surface area contributed by atoms with Crippen molar-refractivity contribution in [2.24, 2.45) is 5.41 Å². The van der Waals surface area contributed by atoms with Gasteiger partial charge >= 0.3 is 0 Å². The summed E-state index contributed by atoms with van der Waals surface area (Å²) in [7, 11) is 0. The molecule has 1 saturated heterocycles. The lowest BCUT2D eigenvalue weighted by Crippen LogP contribution is -2.40. The van der Waals surface area contributed by atoms with Gasteiger partial charge in [-0.05, 0) is 44.1 Å². The Hall–Kier alpha value is -0.300. The number of piperidine rings is 1. The van der Waals surface area contributed by atoms with E-state index in [4.69, 9.17) is 0 Å². The summed E-state index contributed by atoms with van der Waals surface area (Å²) in [6.45, 7) is 2.50. The van der Waals surface area contributed by atoms with Gasteiger partial charge in [0.1, 0.15) is 0 Å². The SMILES string of the molecule is C1=CCC2(CC1)CCCNC2. The summed E-state index contributed by atoms with van der Waals surface area (Å²) >= 11 is 0. The minimum atomic E-state index is 0.660. The third-order valence-electron chi connectivity index (χ3n) is 3.12. The molecule has 1 heteroatoms. The van der Waals surface area contributed by atoms with E-state index in [1.54, 1.807) is 0 Å². The lowest BCUT2D eigenvalue weighted by molar-refractivity contribution is 0.189. The van der Waals surface area contributed by atoms with Gasteiger partial charge in [0.05, 0.1) is 0 Å². The monoisotopic (exact) mass is 151 g/mol. The van der Waals surface area contributed by atoms with Crippen LogP contribution in [0.15, 0.2) is 12.2 Å². The molecule has 1 aliphatic carbocycles. The standard InChI is InChI=1S/C10H17N/c1-2-5-10(6-3-1)7-4-8-11-9-10/h1-2,11H,3-9H2. The van der Waals surface area contributed by atoms with Crippen LogP contribution in [0.25, 0.3) is 0 Å². The molecule has 0 aromatic rings. The lowest BCUT2D eigenvalue weighted by atomic mass is 9.72. The summed E-state index contributed by atoms with van der Waals surface area (Å²) in [6, 6.07) is 0. The average Bonchev–Trinajstić information content (AvgIpc) is 2.07. The van der Waals surface area contributed by atoms with E-state index in [0.717, 1.165) is 0 Å². The van der Waals surface area contributed by atoms with Crippen molar-refractivity contribution in [2.45, 2.75) is 32.1 Å². The van der Waals surface area contributed by atoms with E-state index in [9.17, 15) is 0 Å². The lowest BCUT2D eigenvalue weighted by Gasteiger charge is -2.38. The van der Waals surface area contributed by atoms with Crippen LogP contribution in [0, 0.1) is 5.41 Å². The third-order valence-corrected chi connectivity index (χ3v) is 3.12. The highest BCUT2D eigenvalue weighted by atomic mass is 14.9. The van der Waals surface area contributed by atoms with E-state index in [0.29, 0.717) is 5.41 Å². The van der Waals surface area contributed by atoms with Gasteiger partial charge in [0.2, 0.25) is 0 Å². The highest BCUT2D eigenvalue weighted by Gasteiger charge is 2.31. The van der Waals surface area contributed by atoms with Gasteiger partial charge in [-0.15, -0.1) is 0 Å². The molecule has 0 aromatic carbocycles. The number of hydrogen-bond donors (Lipinski definition) is 1. The highest BCUT2D eigenvalue weighted by molar-refractivity contribution is 4.99. The second-order valence-corrected chi connectivity index (χ2v) is 3.99. The molecule has 0 radical (unpaired) electrons. The van der Waals surface area contributed by atoms with E-state index in [1.165, 1.54) is 45.2 Å². The molecule has 1 aliphatic heterocycles. The van der Waals surface area contributed by atoms with E-state index in [1.807, 2.05) is 0 Å². The molecule has 1 fully saturated rings. The molecule has 0 aromatic heterocycles. The number of rotatable bonds is 0. The molecule has 1 N–H and O–H groups in total. The summed E-state index contributed by atoms with van der Waals surface area (Å²) in [5, 5.41) is 3.51. The van der Waals surface area contributed by atoms with Crippen molar-refractivity contribution in [3.05, 3.63) is 12.2 Å². The molecule has 1 spiro atoms. The summed E-state index contributed by atoms with van der Waals surface area (Å²) in [5.41, 5.74) is 0.660. The maximum atomic E-state index is 3.51. The van der Waals surface area contributed by atoms with Crippen LogP contribution in [0.4, 0.5) is 0 Å². The Morgan fingerprint density at radius 3 is 2.82 bits per heavy atom. The van der Waals surface area contributed by atoms with Crippen molar-refractivity contribution in [2.75, 3.05) is 13.1 Å². The zero-order valence-electron chi connectivity index (χ0n) is 7.10. The normalized spacial score (nSPS) is 37.8. The Balaban J connectivity index is 2.01. The topological polar surface area (TPSA) is 12.0 Å². The minimum Gasteiger partial charge on any atom is -0.316 e. The smallest absolute Gasteiger partial charge is 0.00109 e. The van der Waals surface area contributed by atoms with Gasteiger partial charge < -0.3 is 5.32 Å². The predicted molar refractivity (Wildman–Crippen MR) is 47.5 cm³/mol. The Morgan fingerprint density at radius 1 is 1.18 bits per heavy atom. The van der Waals surface area contributed by atoms with Crippen LogP contribution < -0.4 is 5.32 Å². The van der Waals surface area contributed by atoms with E-state index >= 15 is 0 Å². The molecule has 2 aliphatic rings. The molecule has 11 heavy (non-hydrogen) atoms. The van der Waals surface area contributed by atoms with E-state index < -0.39 is 0 Å². The molecule has 62 valence electrons. The van der Waals surface area contributed by atoms with E-state index in [-0.39, 0.29) is 0 Å². The third kappa shape index (κ3) is 1.48. The van der Waals surface area contributed by atoms with Crippen molar-refractivity contribution >= 4 is 0 Å². The molecule has 2 rings (SSSR count). The first-order chi connectivity index (χ1) is 5.41. The summed E-state index contributed by atoms with van der Waals surface area (Å²) in [6.07, 6.45) is 11.6. The number of hydrogen-bond acceptors (Lipinski definition) is 1. The first-order valence-electron chi connectivity index (χ1n) is 4.77. The molecule has 0 saturated carbocycles. The Morgan fingerprint density at radius 2 is 2.18 bits per heavy atom. The van der Waals surface area contributed by atoms with Crippen molar-refractivity contribution in [1.82, 2.24) is 5.32 Å². The predicted octanol–water partition coefficient (Wildman–Crippen LogP) is 2.10. The quantitative estimate of drug-likeness (QED) is 0.523. The first kappa shape index (κ1) is 7.35. The van der Waals surface area contributed by atoms with Gasteiger partial charge in [-0.1, -0.05) is 12.2 Å². The van der Waals surface area contributed by atoms with Gasteiger partial charge in [0, 0.05) is 6.54 Å². The minimum absolute atomic E-state index is 0.660. The van der Waals surface area contributed by atoms with Gasteiger partial charge in [0.15, 0.2) is 0 Å². The summed E-state index contributed by atoms with van der Waals surface area (Å²) < 4.78 is 0. The van der Waals surface area contributed by atoms with Crippen LogP contribution >= 0.6 is 0 Å². The van der Waals surface area contributed by atoms with Crippen LogP contribution in [0.1, 0.15) is 32.1 Å². The van der Waals surface area contributed by atoms with Gasteiger partial charge in [0.25, 0.3) is 0 Å². The van der Waals surface area contributed by atoms with Crippen LogP contribution in [-0.4, -0.2) is 13.1 Å². The molecule has 0 bridgehead atoms. The van der Waals surface area contributed by atoms with Gasteiger partial charge in [-0.3, -0.25) is 0 Å². The van der Waals surface area contributed by atoms with Crippen LogP contribution in [0.3, 0.4) is 0 Å². The van der Waals surface area contributed by atoms with Gasteiger partial charge in [-0.2, -0.15) is 0 Å². The zero-order chi connectivity index (χ0) is 7.57. The second kappa shape index (κ2) is 2.98. The summed E-state index contributed by atoms with van der Waals surface area (Å²) in [4.78, 5) is 0. The van der Waals surface area contributed by atoms with Crippen molar-refractivity contribution in [3.63, 3.8) is 0 Å². The second-order valence-electron chi connectivity index (χ2n) is 3.99. The van der Waals surface area contributed by atoms with E-state index in [2.05, 4.69) is 17.5 Å². The Bertz CT molecular complexity index is 154. The molecule has 1 nitrogen and oxygen atoms in total. The molecule has 1 atom stereocenters.